The van der Waals surface area contributed by atoms with Gasteiger partial charge in [0.1, 0.15) is 86.3 Å². The highest BCUT2D eigenvalue weighted by molar-refractivity contribution is 6.70. The molecule has 4 heterocycles. The van der Waals surface area contributed by atoms with E-state index < -0.39 is 0 Å². The van der Waals surface area contributed by atoms with Crippen molar-refractivity contribution in [3.63, 3.8) is 0 Å². The molecule has 0 amide bonds. The van der Waals surface area contributed by atoms with Crippen LogP contribution in [0.5, 0.6) is 0 Å². The largest absolute Gasteiger partial charge is 0.310 e. The summed E-state index contributed by atoms with van der Waals surface area (Å²) in [4.78, 5) is 0. The summed E-state index contributed by atoms with van der Waals surface area (Å²) in [5, 5.41) is 5.89. The third-order valence-corrected chi connectivity index (χ3v) is 12.6. The van der Waals surface area contributed by atoms with Crippen LogP contribution in [0.25, 0.3) is 93.1 Å². The Morgan fingerprint density at radius 3 is 1.48 bits per heavy atom. The lowest BCUT2D eigenvalue weighted by Crippen LogP contribution is -2.48. The quantitative estimate of drug-likeness (QED) is 0.192. The van der Waals surface area contributed by atoms with Gasteiger partial charge in [0, 0.05) is 60.1 Å². The van der Waals surface area contributed by atoms with Crippen molar-refractivity contribution < 1.29 is 0 Å². The van der Waals surface area contributed by atoms with Gasteiger partial charge in [-0.15, -0.1) is 21.9 Å². The molecule has 0 N–H and O–H groups in total. The van der Waals surface area contributed by atoms with Gasteiger partial charge in [0.15, 0.2) is 0 Å². The monoisotopic (exact) mass is 709 g/mol. The Bertz CT molecular complexity index is 3710. The van der Waals surface area contributed by atoms with Crippen LogP contribution in [-0.2, 0) is 0 Å². The molecule has 0 spiro atoms. The maximum atomic E-state index is 7.42. The van der Waals surface area contributed by atoms with Crippen molar-refractivity contribution in [3.8, 4) is 11.4 Å². The Morgan fingerprint density at radius 1 is 0.328 bits per heavy atom. The minimum atomic E-state index is 0.156. The zero-order valence-electron chi connectivity index (χ0n) is 31.6. The van der Waals surface area contributed by atoms with Crippen LogP contribution in [0.15, 0.2) is 72.8 Å². The number of hydrogen-bond acceptors (Lipinski definition) is 0. The molecule has 0 aliphatic carbocycles. The molecule has 0 saturated carbocycles. The van der Waals surface area contributed by atoms with Crippen LogP contribution in [0.2, 0.25) is 0 Å². The van der Waals surface area contributed by atoms with E-state index in [0.29, 0.717) is 70.9 Å². The minimum Gasteiger partial charge on any atom is -0.310 e. The van der Waals surface area contributed by atoms with Crippen molar-refractivity contribution in [2.24, 2.45) is 0 Å². The Kier molecular flexibility index (Phi) is 7.33. The molecule has 0 fully saturated rings. The molecule has 11 rings (SSSR count). The number of rotatable bonds is 2. The first kappa shape index (κ1) is 35.8. The van der Waals surface area contributed by atoms with Crippen LogP contribution >= 0.6 is 0 Å². The molecular weight excluding hydrogens is 689 g/mol. The maximum absolute atomic E-state index is 7.42. The molecule has 0 bridgehead atoms. The highest BCUT2D eigenvalue weighted by Crippen LogP contribution is 2.44. The van der Waals surface area contributed by atoms with E-state index in [0.717, 1.165) is 49.6 Å². The van der Waals surface area contributed by atoms with Gasteiger partial charge in [-0.1, -0.05) is 74.6 Å². The summed E-state index contributed by atoms with van der Waals surface area (Å²) >= 11 is 0. The lowest BCUT2D eigenvalue weighted by Gasteiger charge is -2.17. The van der Waals surface area contributed by atoms with Crippen LogP contribution in [0.1, 0.15) is 11.1 Å². The van der Waals surface area contributed by atoms with Gasteiger partial charge in [0.2, 0.25) is 0 Å². The molecule has 242 valence electrons. The van der Waals surface area contributed by atoms with Crippen molar-refractivity contribution in [2.75, 3.05) is 0 Å². The van der Waals surface area contributed by atoms with Crippen LogP contribution in [0.4, 0.5) is 0 Å². The average molecular weight is 708 g/mol. The first-order valence-corrected chi connectivity index (χ1v) is 18.7. The number of hydrogen-bond donors (Lipinski definition) is 0. The van der Waals surface area contributed by atoms with Crippen LogP contribution in [-0.4, -0.2) is 99.8 Å². The summed E-state index contributed by atoms with van der Waals surface area (Å²) in [5.41, 5.74) is 11.6. The highest BCUT2D eigenvalue weighted by atomic mass is 15.0. The normalized spacial score (nSPS) is 12.4. The molecule has 0 saturated heterocycles. The topological polar surface area (TPSA) is 14.3 Å². The van der Waals surface area contributed by atoms with E-state index in [-0.39, 0.29) is 43.7 Å². The van der Waals surface area contributed by atoms with Crippen LogP contribution in [0.3, 0.4) is 0 Å². The molecule has 0 unspecified atom stereocenters. The summed E-state index contributed by atoms with van der Waals surface area (Å²) in [7, 11) is 75.4. The van der Waals surface area contributed by atoms with Crippen molar-refractivity contribution in [3.05, 3.63) is 83.9 Å². The van der Waals surface area contributed by atoms with E-state index in [1.165, 1.54) is 0 Å². The predicted molar refractivity (Wildman–Crippen MR) is 259 cm³/mol. The maximum Gasteiger partial charge on any atom is 0.117 e. The second kappa shape index (κ2) is 11.9. The van der Waals surface area contributed by atoms with Gasteiger partial charge >= 0.3 is 0 Å². The Hall–Kier alpha value is -5.35. The second-order valence-corrected chi connectivity index (χ2v) is 15.4. The van der Waals surface area contributed by atoms with E-state index in [4.69, 9.17) is 86.3 Å². The summed E-state index contributed by atoms with van der Waals surface area (Å²) in [6.07, 6.45) is 0. The number of aryl methyl sites for hydroxylation is 2. The summed E-state index contributed by atoms with van der Waals surface area (Å²) in [6, 6.07) is 24.9. The number of para-hydroxylation sites is 2. The van der Waals surface area contributed by atoms with Crippen LogP contribution < -0.4 is 60.1 Å². The van der Waals surface area contributed by atoms with Gasteiger partial charge in [0.05, 0.1) is 27.6 Å². The van der Waals surface area contributed by atoms with E-state index in [2.05, 4.69) is 45.4 Å². The fourth-order valence-electron chi connectivity index (χ4n) is 9.80. The van der Waals surface area contributed by atoms with Crippen molar-refractivity contribution in [1.82, 2.24) is 13.5 Å². The molecule has 0 atom stereocenters. The SMILES string of the molecule is [B]c1c([B])c([B])c2c(c1[B])c1c3c4c([B])c([B])c([B])c5c6c([B])c([B])c([B])c(C)c6n(c3c(C)c([B])c1n2-c1ccc2c(c1)c1ccccc1n2-c1ccccc1)c54. The van der Waals surface area contributed by atoms with Gasteiger partial charge in [0.25, 0.3) is 0 Å². The molecule has 3 nitrogen and oxygen atoms in total. The molecule has 0 aliphatic rings. The van der Waals surface area contributed by atoms with Crippen molar-refractivity contribution in [2.45, 2.75) is 13.8 Å². The van der Waals surface area contributed by atoms with E-state index >= 15 is 0 Å². The number of aromatic nitrogens is 3. The lowest BCUT2D eigenvalue weighted by molar-refractivity contribution is 1.17. The summed E-state index contributed by atoms with van der Waals surface area (Å²) < 4.78 is 6.36. The Labute approximate surface area is 349 Å². The molecule has 11 aromatic rings. The third kappa shape index (κ3) is 4.09. The standard InChI is InChI=1S/C44H18B11N3/c1-15-29(45)35(51)33(49)27-28-34(50)36(52)31(47)25-23-24-26-32(48)37(53)38(54)39(55)44(26)57(43(24)30(46)16(2)40(23)58(41(15)27)42(25)28)18-12-13-22-20(14-18)19-10-6-7-11-21(19)56(22)17-8-4-3-5-9-17/h3-14H,1-2H3. The van der Waals surface area contributed by atoms with Gasteiger partial charge in [-0.25, -0.2) is 0 Å². The molecule has 22 radical (unpaired) electrons. The zero-order valence-corrected chi connectivity index (χ0v) is 31.6. The second-order valence-electron chi connectivity index (χ2n) is 15.4. The van der Waals surface area contributed by atoms with E-state index in [1.807, 2.05) is 54.8 Å². The number of benzene rings is 7. The zero-order chi connectivity index (χ0) is 40.5. The van der Waals surface area contributed by atoms with Crippen molar-refractivity contribution in [1.29, 1.82) is 0 Å². The predicted octanol–water partition coefficient (Wildman–Crippen LogP) is -1.62. The molecule has 58 heavy (non-hydrogen) atoms. The Morgan fingerprint density at radius 2 is 0.793 bits per heavy atom. The lowest BCUT2D eigenvalue weighted by atomic mass is 9.65. The smallest absolute Gasteiger partial charge is 0.117 e. The number of nitrogens with zero attached hydrogens (tertiary/aromatic N) is 3. The average Bonchev–Trinajstić information content (AvgIpc) is 3.96. The van der Waals surface area contributed by atoms with Gasteiger partial charge in [-0.05, 0) is 66.8 Å². The van der Waals surface area contributed by atoms with Crippen molar-refractivity contribution >= 4 is 228 Å². The van der Waals surface area contributed by atoms with Gasteiger partial charge in [-0.2, -0.15) is 0 Å². The molecule has 14 heteroatoms. The van der Waals surface area contributed by atoms with Crippen LogP contribution in [0, 0.1) is 13.8 Å². The highest BCUT2D eigenvalue weighted by Gasteiger charge is 2.31. The summed E-state index contributed by atoms with van der Waals surface area (Å²) in [6.45, 7) is 3.86. The molecular formula is C44H18B11N3. The van der Waals surface area contributed by atoms with E-state index in [9.17, 15) is 0 Å². The van der Waals surface area contributed by atoms with Gasteiger partial charge < -0.3 is 13.5 Å². The fraction of sp³-hybridized carbons (Fsp3) is 0.0455. The Balaban J connectivity index is 1.41. The first-order chi connectivity index (χ1) is 27.8. The van der Waals surface area contributed by atoms with E-state index in [1.54, 1.807) is 0 Å². The third-order valence-electron chi connectivity index (χ3n) is 12.6. The number of fused-ring (bicyclic) bond motifs is 13. The first-order valence-electron chi connectivity index (χ1n) is 18.7. The molecule has 0 aliphatic heterocycles. The fourth-order valence-corrected chi connectivity index (χ4v) is 9.80. The minimum absolute atomic E-state index is 0.156. The molecule has 4 aromatic heterocycles. The molecule has 7 aromatic carbocycles. The van der Waals surface area contributed by atoms with Gasteiger partial charge in [-0.3, -0.25) is 0 Å². The summed E-state index contributed by atoms with van der Waals surface area (Å²) in [5.74, 6) is 0.